The summed E-state index contributed by atoms with van der Waals surface area (Å²) in [6.07, 6.45) is 5.34. The minimum Gasteiger partial charge on any atom is -0.487 e. The molecule has 4 aliphatic heterocycles. The first-order valence-electron chi connectivity index (χ1n) is 12.6. The highest BCUT2D eigenvalue weighted by Gasteiger charge is 2.45. The molecule has 3 aromatic rings. The van der Waals surface area contributed by atoms with E-state index in [2.05, 4.69) is 26.3 Å². The van der Waals surface area contributed by atoms with E-state index in [1.807, 2.05) is 12.3 Å². The second kappa shape index (κ2) is 8.52. The molecule has 0 aliphatic carbocycles. The molecular weight excluding hydrogens is 462 g/mol. The quantitative estimate of drug-likeness (QED) is 0.559. The van der Waals surface area contributed by atoms with E-state index in [1.165, 1.54) is 6.92 Å². The van der Waals surface area contributed by atoms with Crippen molar-refractivity contribution in [2.75, 3.05) is 51.4 Å². The van der Waals surface area contributed by atoms with Crippen LogP contribution in [0.15, 0.2) is 24.5 Å². The predicted molar refractivity (Wildman–Crippen MR) is 131 cm³/mol. The summed E-state index contributed by atoms with van der Waals surface area (Å²) in [5.74, 6) is 1.22. The average Bonchev–Trinajstić information content (AvgIpc) is 3.44. The van der Waals surface area contributed by atoms with Crippen LogP contribution in [0.5, 0.6) is 5.75 Å². The van der Waals surface area contributed by atoms with E-state index in [4.69, 9.17) is 23.9 Å². The van der Waals surface area contributed by atoms with Crippen LogP contribution in [0, 0.1) is 0 Å². The minimum atomic E-state index is -0.536. The highest BCUT2D eigenvalue weighted by atomic mass is 16.6. The fourth-order valence-corrected chi connectivity index (χ4v) is 5.61. The number of aromatic amines is 1. The molecule has 3 aromatic heterocycles. The van der Waals surface area contributed by atoms with Crippen LogP contribution >= 0.6 is 0 Å². The van der Waals surface area contributed by atoms with Gasteiger partial charge < -0.3 is 29.2 Å². The Labute approximate surface area is 208 Å². The van der Waals surface area contributed by atoms with Gasteiger partial charge in [-0.15, -0.1) is 0 Å². The maximum Gasteiger partial charge on any atom is 0.222 e. The number of likely N-dealkylation sites (tertiary alicyclic amines) is 1. The first-order chi connectivity index (χ1) is 17.6. The van der Waals surface area contributed by atoms with Crippen molar-refractivity contribution in [2.24, 2.45) is 0 Å². The maximum atomic E-state index is 11.6. The molecule has 0 saturated carbocycles. The molecule has 1 amide bonds. The van der Waals surface area contributed by atoms with Crippen molar-refractivity contribution in [2.45, 2.75) is 37.5 Å². The van der Waals surface area contributed by atoms with Gasteiger partial charge in [-0.1, -0.05) is 0 Å². The summed E-state index contributed by atoms with van der Waals surface area (Å²) in [7, 11) is 0. The SMILES string of the molecule is CC(=O)Nc1cc2c(-c3cc(OC4CN(C5COC5)C4)c4c(n3)C3(CCOC3)OCC4)c[nH]c2cn1. The Balaban J connectivity index is 1.29. The monoisotopic (exact) mass is 491 g/mol. The Morgan fingerprint density at radius 2 is 2.14 bits per heavy atom. The number of rotatable bonds is 5. The van der Waals surface area contributed by atoms with Gasteiger partial charge in [-0.25, -0.2) is 9.97 Å². The largest absolute Gasteiger partial charge is 0.487 e. The van der Waals surface area contributed by atoms with Crippen LogP contribution in [0.25, 0.3) is 22.2 Å². The van der Waals surface area contributed by atoms with E-state index in [9.17, 15) is 4.79 Å². The summed E-state index contributed by atoms with van der Waals surface area (Å²) < 4.78 is 24.1. The maximum absolute atomic E-state index is 11.6. The average molecular weight is 492 g/mol. The van der Waals surface area contributed by atoms with Gasteiger partial charge >= 0.3 is 0 Å². The zero-order valence-corrected chi connectivity index (χ0v) is 20.2. The number of anilines is 1. The van der Waals surface area contributed by atoms with Gasteiger partial charge in [0.05, 0.1) is 55.6 Å². The summed E-state index contributed by atoms with van der Waals surface area (Å²) in [6, 6.07) is 4.46. The second-order valence-electron chi connectivity index (χ2n) is 10.1. The molecule has 7 rings (SSSR count). The Morgan fingerprint density at radius 1 is 1.25 bits per heavy atom. The number of aromatic nitrogens is 3. The van der Waals surface area contributed by atoms with E-state index < -0.39 is 5.60 Å². The molecule has 188 valence electrons. The third-order valence-corrected chi connectivity index (χ3v) is 7.68. The standard InChI is InChI=1S/C26H29N5O5/c1-15(32)29-24-6-19-20(8-27-22(19)9-28-24)21-7-23(36-17-10-31(11-17)16-12-34-13-16)18-2-4-35-26(25(18)30-21)3-5-33-14-26/h6-9,16-17,27H,2-5,10-14H2,1H3,(H,28,29,32). The number of ether oxygens (including phenoxy) is 4. The van der Waals surface area contributed by atoms with Crippen LogP contribution in [0.2, 0.25) is 0 Å². The third-order valence-electron chi connectivity index (χ3n) is 7.68. The van der Waals surface area contributed by atoms with E-state index in [0.717, 1.165) is 78.3 Å². The van der Waals surface area contributed by atoms with Gasteiger partial charge in [-0.05, 0) is 6.07 Å². The number of hydrogen-bond donors (Lipinski definition) is 2. The number of amides is 1. The van der Waals surface area contributed by atoms with Crippen molar-refractivity contribution in [3.63, 3.8) is 0 Å². The molecule has 0 bridgehead atoms. The van der Waals surface area contributed by atoms with E-state index in [1.54, 1.807) is 6.20 Å². The fourth-order valence-electron chi connectivity index (χ4n) is 5.61. The van der Waals surface area contributed by atoms with Gasteiger partial charge in [0.2, 0.25) is 5.91 Å². The molecule has 1 atom stereocenters. The number of hydrogen-bond acceptors (Lipinski definition) is 8. The van der Waals surface area contributed by atoms with Crippen molar-refractivity contribution in [3.05, 3.63) is 35.8 Å². The summed E-state index contributed by atoms with van der Waals surface area (Å²) >= 11 is 0. The number of nitrogens with zero attached hydrogens (tertiary/aromatic N) is 3. The molecule has 2 N–H and O–H groups in total. The fraction of sp³-hybridized carbons (Fsp3) is 0.500. The molecule has 10 heteroatoms. The van der Waals surface area contributed by atoms with Gasteiger partial charge in [0.1, 0.15) is 23.3 Å². The first kappa shape index (κ1) is 22.2. The number of carbonyl (C=O) groups is 1. The lowest BCUT2D eigenvalue weighted by Crippen LogP contribution is -2.63. The van der Waals surface area contributed by atoms with Crippen LogP contribution in [0.4, 0.5) is 5.82 Å². The van der Waals surface area contributed by atoms with Crippen molar-refractivity contribution >= 4 is 22.6 Å². The first-order valence-corrected chi connectivity index (χ1v) is 12.6. The molecule has 3 saturated heterocycles. The Morgan fingerprint density at radius 3 is 2.89 bits per heavy atom. The molecule has 7 heterocycles. The Bertz CT molecular complexity index is 1320. The molecule has 36 heavy (non-hydrogen) atoms. The van der Waals surface area contributed by atoms with Gasteiger partial charge in [0.15, 0.2) is 0 Å². The van der Waals surface area contributed by atoms with Gasteiger partial charge in [-0.3, -0.25) is 9.69 Å². The van der Waals surface area contributed by atoms with Crippen molar-refractivity contribution in [3.8, 4) is 17.0 Å². The topological polar surface area (TPSA) is 111 Å². The van der Waals surface area contributed by atoms with E-state index in [-0.39, 0.29) is 12.0 Å². The van der Waals surface area contributed by atoms with Crippen LogP contribution in [0.1, 0.15) is 24.6 Å². The number of nitrogens with one attached hydrogen (secondary N) is 2. The lowest BCUT2D eigenvalue weighted by atomic mass is 9.89. The van der Waals surface area contributed by atoms with Crippen molar-refractivity contribution < 1.29 is 23.7 Å². The van der Waals surface area contributed by atoms with Crippen molar-refractivity contribution in [1.29, 1.82) is 0 Å². The van der Waals surface area contributed by atoms with Crippen LogP contribution < -0.4 is 10.1 Å². The van der Waals surface area contributed by atoms with E-state index >= 15 is 0 Å². The zero-order valence-electron chi connectivity index (χ0n) is 20.2. The van der Waals surface area contributed by atoms with Crippen LogP contribution in [-0.2, 0) is 31.0 Å². The number of pyridine rings is 2. The number of fused-ring (bicyclic) bond motifs is 3. The van der Waals surface area contributed by atoms with Crippen molar-refractivity contribution in [1.82, 2.24) is 19.9 Å². The molecular formula is C26H29N5O5. The molecule has 0 radical (unpaired) electrons. The van der Waals surface area contributed by atoms with Crippen LogP contribution in [-0.4, -0.2) is 84.0 Å². The Kier molecular flexibility index (Phi) is 5.24. The molecule has 1 spiro atoms. The van der Waals surface area contributed by atoms with Gasteiger partial charge in [0.25, 0.3) is 0 Å². The predicted octanol–water partition coefficient (Wildman–Crippen LogP) is 2.23. The number of carbonyl (C=O) groups excluding carboxylic acids is 1. The second-order valence-corrected chi connectivity index (χ2v) is 10.1. The zero-order chi connectivity index (χ0) is 24.3. The summed E-state index contributed by atoms with van der Waals surface area (Å²) in [4.78, 5) is 26.8. The Hall–Kier alpha value is -3.05. The smallest absolute Gasteiger partial charge is 0.222 e. The normalized spacial score (nSPS) is 24.5. The molecule has 10 nitrogen and oxygen atoms in total. The summed E-state index contributed by atoms with van der Waals surface area (Å²) in [5.41, 5.74) is 4.11. The minimum absolute atomic E-state index is 0.141. The molecule has 0 aromatic carbocycles. The van der Waals surface area contributed by atoms with Crippen LogP contribution in [0.3, 0.4) is 0 Å². The summed E-state index contributed by atoms with van der Waals surface area (Å²) in [5, 5.41) is 3.70. The number of H-pyrrole nitrogens is 1. The third kappa shape index (κ3) is 3.67. The molecule has 4 aliphatic rings. The van der Waals surface area contributed by atoms with Gasteiger partial charge in [-0.2, -0.15) is 0 Å². The summed E-state index contributed by atoms with van der Waals surface area (Å²) in [6.45, 7) is 6.70. The molecule has 1 unspecified atom stereocenters. The highest BCUT2D eigenvalue weighted by molar-refractivity contribution is 5.97. The van der Waals surface area contributed by atoms with Gasteiger partial charge in [0, 0.05) is 68.2 Å². The lowest BCUT2D eigenvalue weighted by molar-refractivity contribution is -0.116. The van der Waals surface area contributed by atoms with E-state index in [0.29, 0.717) is 31.7 Å². The lowest BCUT2D eigenvalue weighted by Gasteiger charge is -2.47. The molecule has 3 fully saturated rings. The highest BCUT2D eigenvalue weighted by Crippen LogP contribution is 2.44.